The number of rotatable bonds is 7. The molecule has 2 aromatic rings. The molecule has 1 amide bonds. The van der Waals surface area contributed by atoms with Crippen LogP contribution in [0.1, 0.15) is 42.6 Å². The first kappa shape index (κ1) is 21.2. The molecule has 0 atom stereocenters. The fraction of sp³-hybridized carbons (Fsp3) is 0.579. The van der Waals surface area contributed by atoms with Crippen molar-refractivity contribution in [1.29, 1.82) is 0 Å². The fourth-order valence-electron chi connectivity index (χ4n) is 3.35. The number of nitrogens with one attached hydrogen (secondary N) is 1. The quantitative estimate of drug-likeness (QED) is 0.759. The minimum absolute atomic E-state index is 0.0170. The summed E-state index contributed by atoms with van der Waals surface area (Å²) in [4.78, 5) is 14.5. The highest BCUT2D eigenvalue weighted by Crippen LogP contribution is 2.29. The number of halogens is 3. The van der Waals surface area contributed by atoms with E-state index in [2.05, 4.69) is 25.7 Å². The molecule has 0 radical (unpaired) electrons. The van der Waals surface area contributed by atoms with E-state index >= 15 is 0 Å². The van der Waals surface area contributed by atoms with Gasteiger partial charge in [-0.2, -0.15) is 13.2 Å². The van der Waals surface area contributed by atoms with E-state index in [1.165, 1.54) is 29.7 Å². The molecule has 10 heteroatoms. The van der Waals surface area contributed by atoms with Gasteiger partial charge in [-0.15, -0.1) is 5.10 Å². The summed E-state index contributed by atoms with van der Waals surface area (Å²) in [6.07, 6.45) is 0.896. The SMILES string of the molecule is O=C(Cn1nnnc1CN1CCCCCC1)NCCc1ccc(C(F)(F)F)cc1. The highest BCUT2D eigenvalue weighted by atomic mass is 19.4. The average Bonchev–Trinajstić information content (AvgIpc) is 2.94. The topological polar surface area (TPSA) is 75.9 Å². The van der Waals surface area contributed by atoms with E-state index < -0.39 is 11.7 Å². The first-order chi connectivity index (χ1) is 13.9. The number of carbonyl (C=O) groups is 1. The van der Waals surface area contributed by atoms with E-state index in [0.29, 0.717) is 25.3 Å². The van der Waals surface area contributed by atoms with Gasteiger partial charge in [0.2, 0.25) is 5.91 Å². The van der Waals surface area contributed by atoms with Crippen LogP contribution in [0.2, 0.25) is 0 Å². The summed E-state index contributed by atoms with van der Waals surface area (Å²) in [5, 5.41) is 14.4. The lowest BCUT2D eigenvalue weighted by molar-refractivity contribution is -0.137. The third-order valence-corrected chi connectivity index (χ3v) is 4.98. The molecule has 1 aliphatic heterocycles. The normalized spacial score (nSPS) is 15.8. The summed E-state index contributed by atoms with van der Waals surface area (Å²) in [6.45, 7) is 2.97. The van der Waals surface area contributed by atoms with E-state index in [4.69, 9.17) is 0 Å². The maximum absolute atomic E-state index is 12.6. The van der Waals surface area contributed by atoms with Gasteiger partial charge in [-0.05, 0) is 60.5 Å². The maximum Gasteiger partial charge on any atom is 0.416 e. The van der Waals surface area contributed by atoms with E-state index in [-0.39, 0.29) is 12.5 Å². The van der Waals surface area contributed by atoms with Gasteiger partial charge in [0.1, 0.15) is 6.54 Å². The molecule has 0 unspecified atom stereocenters. The Bertz CT molecular complexity index is 782. The molecule has 0 aliphatic carbocycles. The maximum atomic E-state index is 12.6. The molecule has 1 fully saturated rings. The molecule has 1 N–H and O–H groups in total. The van der Waals surface area contributed by atoms with E-state index in [9.17, 15) is 18.0 Å². The number of aromatic nitrogens is 4. The Balaban J connectivity index is 1.44. The third kappa shape index (κ3) is 6.52. The molecule has 7 nitrogen and oxygen atoms in total. The number of alkyl halides is 3. The number of likely N-dealkylation sites (tertiary alicyclic amines) is 1. The predicted molar refractivity (Wildman–Crippen MR) is 99.7 cm³/mol. The standard InChI is InChI=1S/C19H25F3N6O/c20-19(21,22)16-7-5-15(6-8-16)9-10-23-18(29)14-28-17(24-25-26-28)13-27-11-3-1-2-4-12-27/h5-8H,1-4,9-14H2,(H,23,29). The van der Waals surface area contributed by atoms with Crippen LogP contribution in [0.4, 0.5) is 13.2 Å². The summed E-state index contributed by atoms with van der Waals surface area (Å²) < 4.78 is 39.2. The number of amides is 1. The zero-order valence-electron chi connectivity index (χ0n) is 16.2. The molecule has 1 saturated heterocycles. The molecule has 3 rings (SSSR count). The molecule has 2 heterocycles. The van der Waals surface area contributed by atoms with Crippen LogP contribution in [-0.4, -0.2) is 50.6 Å². The zero-order valence-corrected chi connectivity index (χ0v) is 16.2. The summed E-state index contributed by atoms with van der Waals surface area (Å²) in [7, 11) is 0. The van der Waals surface area contributed by atoms with Crippen LogP contribution in [0.5, 0.6) is 0 Å². The average molecular weight is 410 g/mol. The van der Waals surface area contributed by atoms with Crippen LogP contribution in [0.15, 0.2) is 24.3 Å². The summed E-state index contributed by atoms with van der Waals surface area (Å²) in [5.74, 6) is 0.422. The van der Waals surface area contributed by atoms with Crippen molar-refractivity contribution in [1.82, 2.24) is 30.4 Å². The second-order valence-electron chi connectivity index (χ2n) is 7.24. The lowest BCUT2D eigenvalue weighted by Gasteiger charge is -2.18. The van der Waals surface area contributed by atoms with Crippen LogP contribution in [0.3, 0.4) is 0 Å². The van der Waals surface area contributed by atoms with E-state index in [1.807, 2.05) is 0 Å². The first-order valence-corrected chi connectivity index (χ1v) is 9.82. The van der Waals surface area contributed by atoms with Crippen LogP contribution in [0.25, 0.3) is 0 Å². The van der Waals surface area contributed by atoms with Gasteiger partial charge in [-0.1, -0.05) is 25.0 Å². The van der Waals surface area contributed by atoms with Gasteiger partial charge >= 0.3 is 6.18 Å². The van der Waals surface area contributed by atoms with Crippen molar-refractivity contribution < 1.29 is 18.0 Å². The molecule has 0 saturated carbocycles. The number of nitrogens with zero attached hydrogens (tertiary/aromatic N) is 5. The molecular formula is C19H25F3N6O. The minimum atomic E-state index is -4.34. The van der Waals surface area contributed by atoms with Gasteiger partial charge in [-0.25, -0.2) is 4.68 Å². The molecule has 158 valence electrons. The van der Waals surface area contributed by atoms with Crippen molar-refractivity contribution in [3.8, 4) is 0 Å². The summed E-state index contributed by atoms with van der Waals surface area (Å²) in [6, 6.07) is 4.95. The highest BCUT2D eigenvalue weighted by molar-refractivity contribution is 5.75. The van der Waals surface area contributed by atoms with E-state index in [0.717, 1.165) is 43.6 Å². The van der Waals surface area contributed by atoms with Gasteiger partial charge in [0.15, 0.2) is 5.82 Å². The minimum Gasteiger partial charge on any atom is -0.354 e. The Labute approximate surface area is 167 Å². The van der Waals surface area contributed by atoms with Gasteiger partial charge in [-0.3, -0.25) is 9.69 Å². The van der Waals surface area contributed by atoms with Gasteiger partial charge < -0.3 is 5.32 Å². The second-order valence-corrected chi connectivity index (χ2v) is 7.24. The predicted octanol–water partition coefficient (Wildman–Crippen LogP) is 2.43. The van der Waals surface area contributed by atoms with Crippen molar-refractivity contribution in [3.63, 3.8) is 0 Å². The van der Waals surface area contributed by atoms with Crippen molar-refractivity contribution in [2.75, 3.05) is 19.6 Å². The number of benzene rings is 1. The monoisotopic (exact) mass is 410 g/mol. The highest BCUT2D eigenvalue weighted by Gasteiger charge is 2.29. The molecule has 1 aromatic carbocycles. The van der Waals surface area contributed by atoms with Crippen LogP contribution in [0, 0.1) is 0 Å². The van der Waals surface area contributed by atoms with Gasteiger partial charge in [0.05, 0.1) is 12.1 Å². The fourth-order valence-corrected chi connectivity index (χ4v) is 3.35. The van der Waals surface area contributed by atoms with Crippen LogP contribution >= 0.6 is 0 Å². The molecule has 1 aliphatic rings. The van der Waals surface area contributed by atoms with Crippen molar-refractivity contribution >= 4 is 5.91 Å². The van der Waals surface area contributed by atoms with Crippen molar-refractivity contribution in [2.45, 2.75) is 51.4 Å². The molecule has 0 bridgehead atoms. The summed E-state index contributed by atoms with van der Waals surface area (Å²) in [5.41, 5.74) is 0.0449. The van der Waals surface area contributed by atoms with Crippen LogP contribution < -0.4 is 5.32 Å². The largest absolute Gasteiger partial charge is 0.416 e. The summed E-state index contributed by atoms with van der Waals surface area (Å²) >= 11 is 0. The molecule has 29 heavy (non-hydrogen) atoms. The van der Waals surface area contributed by atoms with Crippen molar-refractivity contribution in [3.05, 3.63) is 41.2 Å². The molecule has 0 spiro atoms. The van der Waals surface area contributed by atoms with E-state index in [1.54, 1.807) is 0 Å². The second kappa shape index (κ2) is 9.82. The number of hydrogen-bond acceptors (Lipinski definition) is 5. The molecule has 1 aromatic heterocycles. The Morgan fingerprint density at radius 1 is 1.07 bits per heavy atom. The third-order valence-electron chi connectivity index (χ3n) is 4.98. The Kier molecular flexibility index (Phi) is 7.18. The van der Waals surface area contributed by atoms with Crippen LogP contribution in [-0.2, 0) is 30.5 Å². The number of carbonyl (C=O) groups excluding carboxylic acids is 1. The zero-order chi connectivity index (χ0) is 20.7. The van der Waals surface area contributed by atoms with Gasteiger partial charge in [0.25, 0.3) is 0 Å². The Morgan fingerprint density at radius 2 is 1.76 bits per heavy atom. The molecular weight excluding hydrogens is 385 g/mol. The van der Waals surface area contributed by atoms with Crippen molar-refractivity contribution in [2.24, 2.45) is 0 Å². The lowest BCUT2D eigenvalue weighted by Crippen LogP contribution is -2.32. The first-order valence-electron chi connectivity index (χ1n) is 9.82. The number of tetrazole rings is 1. The Morgan fingerprint density at radius 3 is 2.41 bits per heavy atom. The Hall–Kier alpha value is -2.49. The lowest BCUT2D eigenvalue weighted by atomic mass is 10.1. The number of hydrogen-bond donors (Lipinski definition) is 1. The smallest absolute Gasteiger partial charge is 0.354 e. The van der Waals surface area contributed by atoms with Gasteiger partial charge in [0, 0.05) is 6.54 Å².